The van der Waals surface area contributed by atoms with Gasteiger partial charge in [0.2, 0.25) is 0 Å². The van der Waals surface area contributed by atoms with E-state index in [1.807, 2.05) is 18.2 Å². The van der Waals surface area contributed by atoms with E-state index in [9.17, 15) is 0 Å². The number of nitrogens with one attached hydrogen (secondary N) is 1. The average molecular weight is 269 g/mol. The van der Waals surface area contributed by atoms with Crippen LogP contribution in [0.25, 0.3) is 0 Å². The fraction of sp³-hybridized carbons (Fsp3) is 0.462. The zero-order valence-electron chi connectivity index (χ0n) is 10.1. The highest BCUT2D eigenvalue weighted by molar-refractivity contribution is 7.80. The minimum absolute atomic E-state index is 0.263. The summed E-state index contributed by atoms with van der Waals surface area (Å²) < 4.78 is 0. The van der Waals surface area contributed by atoms with E-state index in [0.29, 0.717) is 5.92 Å². The molecule has 1 unspecified atom stereocenters. The summed E-state index contributed by atoms with van der Waals surface area (Å²) in [6, 6.07) is 8.26. The molecule has 0 radical (unpaired) electrons. The molecule has 2 nitrogen and oxygen atoms in total. The number of rotatable bonds is 3. The third-order valence-corrected chi connectivity index (χ3v) is 3.63. The highest BCUT2D eigenvalue weighted by atomic mass is 35.5. The molecule has 1 aliphatic rings. The van der Waals surface area contributed by atoms with Crippen LogP contribution >= 0.6 is 23.8 Å². The summed E-state index contributed by atoms with van der Waals surface area (Å²) in [6.07, 6.45) is 0. The lowest BCUT2D eigenvalue weighted by Crippen LogP contribution is -2.33. The predicted molar refractivity (Wildman–Crippen MR) is 76.3 cm³/mol. The largest absolute Gasteiger partial charge is 0.360 e. The van der Waals surface area contributed by atoms with Crippen molar-refractivity contribution in [1.29, 1.82) is 0 Å². The first-order valence-electron chi connectivity index (χ1n) is 5.88. The fourth-order valence-electron chi connectivity index (χ4n) is 2.16. The molecule has 1 heterocycles. The summed E-state index contributed by atoms with van der Waals surface area (Å²) >= 11 is 11.6. The van der Waals surface area contributed by atoms with Crippen LogP contribution in [-0.2, 0) is 0 Å². The first-order chi connectivity index (χ1) is 8.09. The van der Waals surface area contributed by atoms with Crippen LogP contribution < -0.4 is 5.32 Å². The van der Waals surface area contributed by atoms with Crippen LogP contribution in [-0.4, -0.2) is 23.1 Å². The van der Waals surface area contributed by atoms with E-state index >= 15 is 0 Å². The van der Waals surface area contributed by atoms with Crippen molar-refractivity contribution in [1.82, 2.24) is 10.2 Å². The van der Waals surface area contributed by atoms with Gasteiger partial charge in [-0.1, -0.05) is 43.6 Å². The SMILES string of the molecule is CC(C)CN1C(=S)NCC1c1ccccc1Cl. The molecule has 1 saturated heterocycles. The van der Waals surface area contributed by atoms with Crippen LogP contribution in [0.1, 0.15) is 25.5 Å². The maximum Gasteiger partial charge on any atom is 0.169 e. The van der Waals surface area contributed by atoms with Crippen molar-refractivity contribution in [2.45, 2.75) is 19.9 Å². The quantitative estimate of drug-likeness (QED) is 0.848. The van der Waals surface area contributed by atoms with Gasteiger partial charge < -0.3 is 10.2 Å². The van der Waals surface area contributed by atoms with Crippen molar-refractivity contribution in [3.05, 3.63) is 34.9 Å². The molecule has 2 rings (SSSR count). The molecule has 0 saturated carbocycles. The Morgan fingerprint density at radius 3 is 2.82 bits per heavy atom. The van der Waals surface area contributed by atoms with E-state index in [4.69, 9.17) is 23.8 Å². The van der Waals surface area contributed by atoms with Gasteiger partial charge in [-0.2, -0.15) is 0 Å². The minimum Gasteiger partial charge on any atom is -0.360 e. The van der Waals surface area contributed by atoms with E-state index in [1.165, 1.54) is 0 Å². The Morgan fingerprint density at radius 2 is 2.18 bits per heavy atom. The Hall–Kier alpha value is -0.800. The molecule has 92 valence electrons. The second kappa shape index (κ2) is 5.23. The van der Waals surface area contributed by atoms with Gasteiger partial charge in [0, 0.05) is 18.1 Å². The molecule has 0 aliphatic carbocycles. The molecule has 1 aromatic rings. The molecule has 1 fully saturated rings. The van der Waals surface area contributed by atoms with Gasteiger partial charge in [-0.3, -0.25) is 0 Å². The Labute approximate surface area is 113 Å². The average Bonchev–Trinajstić information content (AvgIpc) is 2.61. The zero-order valence-corrected chi connectivity index (χ0v) is 11.7. The molecule has 1 atom stereocenters. The Kier molecular flexibility index (Phi) is 3.89. The van der Waals surface area contributed by atoms with E-state index in [2.05, 4.69) is 30.1 Å². The van der Waals surface area contributed by atoms with Crippen LogP contribution in [0, 0.1) is 5.92 Å². The molecule has 0 aromatic heterocycles. The first kappa shape index (κ1) is 12.7. The van der Waals surface area contributed by atoms with Crippen molar-refractivity contribution in [2.24, 2.45) is 5.92 Å². The third-order valence-electron chi connectivity index (χ3n) is 2.91. The lowest BCUT2D eigenvalue weighted by molar-refractivity contribution is 0.320. The highest BCUT2D eigenvalue weighted by Gasteiger charge is 2.30. The maximum absolute atomic E-state index is 6.26. The molecule has 0 amide bonds. The second-order valence-electron chi connectivity index (χ2n) is 4.77. The molecule has 0 bridgehead atoms. The van der Waals surface area contributed by atoms with Crippen LogP contribution in [0.2, 0.25) is 5.02 Å². The Balaban J connectivity index is 2.25. The molecule has 1 aliphatic heterocycles. The maximum atomic E-state index is 6.26. The summed E-state index contributed by atoms with van der Waals surface area (Å²) in [5.41, 5.74) is 1.15. The number of benzene rings is 1. The monoisotopic (exact) mass is 268 g/mol. The molecule has 17 heavy (non-hydrogen) atoms. The topological polar surface area (TPSA) is 15.3 Å². The number of thiocarbonyl (C=S) groups is 1. The van der Waals surface area contributed by atoms with Crippen molar-refractivity contribution in [2.75, 3.05) is 13.1 Å². The molecular formula is C13H17ClN2S. The van der Waals surface area contributed by atoms with Crippen LogP contribution in [0.3, 0.4) is 0 Å². The molecule has 1 aromatic carbocycles. The molecular weight excluding hydrogens is 252 g/mol. The van der Waals surface area contributed by atoms with Gasteiger partial charge in [0.15, 0.2) is 5.11 Å². The van der Waals surface area contributed by atoms with Gasteiger partial charge in [0.05, 0.1) is 6.04 Å². The van der Waals surface area contributed by atoms with Gasteiger partial charge in [-0.25, -0.2) is 0 Å². The third kappa shape index (κ3) is 2.72. The van der Waals surface area contributed by atoms with E-state index < -0.39 is 0 Å². The van der Waals surface area contributed by atoms with Gasteiger partial charge in [0.1, 0.15) is 0 Å². The smallest absolute Gasteiger partial charge is 0.169 e. The van der Waals surface area contributed by atoms with Crippen LogP contribution in [0.4, 0.5) is 0 Å². The van der Waals surface area contributed by atoms with E-state index in [-0.39, 0.29) is 6.04 Å². The Bertz CT molecular complexity index is 420. The van der Waals surface area contributed by atoms with Crippen molar-refractivity contribution < 1.29 is 0 Å². The minimum atomic E-state index is 0.263. The van der Waals surface area contributed by atoms with Crippen molar-refractivity contribution >= 4 is 28.9 Å². The standard InChI is InChI=1S/C13H17ClN2S/c1-9(2)8-16-12(7-15-13(16)17)10-5-3-4-6-11(10)14/h3-6,9,12H,7-8H2,1-2H3,(H,15,17). The number of hydrogen-bond donors (Lipinski definition) is 1. The summed E-state index contributed by atoms with van der Waals surface area (Å²) in [7, 11) is 0. The van der Waals surface area contributed by atoms with Gasteiger partial charge in [-0.05, 0) is 29.8 Å². The lowest BCUT2D eigenvalue weighted by atomic mass is 10.1. The summed E-state index contributed by atoms with van der Waals surface area (Å²) in [5, 5.41) is 4.90. The summed E-state index contributed by atoms with van der Waals surface area (Å²) in [5.74, 6) is 0.581. The van der Waals surface area contributed by atoms with Crippen LogP contribution in [0.5, 0.6) is 0 Å². The van der Waals surface area contributed by atoms with E-state index in [0.717, 1.165) is 28.8 Å². The van der Waals surface area contributed by atoms with E-state index in [1.54, 1.807) is 0 Å². The molecule has 4 heteroatoms. The van der Waals surface area contributed by atoms with Crippen LogP contribution in [0.15, 0.2) is 24.3 Å². The van der Waals surface area contributed by atoms with Crippen molar-refractivity contribution in [3.8, 4) is 0 Å². The van der Waals surface area contributed by atoms with Gasteiger partial charge in [0.25, 0.3) is 0 Å². The zero-order chi connectivity index (χ0) is 12.4. The predicted octanol–water partition coefficient (Wildman–Crippen LogP) is 3.23. The van der Waals surface area contributed by atoms with Gasteiger partial charge >= 0.3 is 0 Å². The molecule has 1 N–H and O–H groups in total. The second-order valence-corrected chi connectivity index (χ2v) is 5.56. The van der Waals surface area contributed by atoms with Gasteiger partial charge in [-0.15, -0.1) is 0 Å². The summed E-state index contributed by atoms with van der Waals surface area (Å²) in [4.78, 5) is 2.24. The number of nitrogens with zero attached hydrogens (tertiary/aromatic N) is 1. The number of hydrogen-bond acceptors (Lipinski definition) is 1. The first-order valence-corrected chi connectivity index (χ1v) is 6.67. The highest BCUT2D eigenvalue weighted by Crippen LogP contribution is 2.30. The lowest BCUT2D eigenvalue weighted by Gasteiger charge is -2.27. The number of halogens is 1. The summed E-state index contributed by atoms with van der Waals surface area (Å²) in [6.45, 7) is 6.20. The normalized spacial score (nSPS) is 19.9. The van der Waals surface area contributed by atoms with Crippen molar-refractivity contribution in [3.63, 3.8) is 0 Å². The fourth-order valence-corrected chi connectivity index (χ4v) is 2.71. The molecule has 0 spiro atoms. The Morgan fingerprint density at radius 1 is 1.47 bits per heavy atom.